The highest BCUT2D eigenvalue weighted by Crippen LogP contribution is 2.61. The Balaban J connectivity index is 2.06. The molecule has 0 saturated heterocycles. The predicted molar refractivity (Wildman–Crippen MR) is 61.3 cm³/mol. The van der Waals surface area contributed by atoms with E-state index in [4.69, 9.17) is 5.73 Å². The molecule has 2 heteroatoms. The molecule has 0 amide bonds. The largest absolute Gasteiger partial charge is 0.330 e. The van der Waals surface area contributed by atoms with E-state index in [1.807, 2.05) is 0 Å². The molecule has 0 aromatic heterocycles. The summed E-state index contributed by atoms with van der Waals surface area (Å²) in [6.07, 6.45) is 3.88. The SMILES string of the molecule is NCC1CC12CCc1ccc(Br)cc12. The predicted octanol–water partition coefficient (Wildman–Crippen LogP) is 2.61. The van der Waals surface area contributed by atoms with Gasteiger partial charge in [0.25, 0.3) is 0 Å². The highest BCUT2D eigenvalue weighted by atomic mass is 79.9. The van der Waals surface area contributed by atoms with E-state index in [1.165, 1.54) is 23.7 Å². The van der Waals surface area contributed by atoms with Crippen molar-refractivity contribution in [1.82, 2.24) is 0 Å². The molecule has 74 valence electrons. The summed E-state index contributed by atoms with van der Waals surface area (Å²) in [7, 11) is 0. The fourth-order valence-corrected chi connectivity index (χ4v) is 3.41. The second kappa shape index (κ2) is 2.83. The van der Waals surface area contributed by atoms with Crippen LogP contribution in [0, 0.1) is 5.92 Å². The Labute approximate surface area is 92.8 Å². The van der Waals surface area contributed by atoms with Crippen molar-refractivity contribution in [3.63, 3.8) is 0 Å². The van der Waals surface area contributed by atoms with Gasteiger partial charge in [0.15, 0.2) is 0 Å². The first-order valence-corrected chi connectivity index (χ1v) is 6.04. The molecular formula is C12H14BrN. The molecule has 0 radical (unpaired) electrons. The molecule has 14 heavy (non-hydrogen) atoms. The van der Waals surface area contributed by atoms with Crippen LogP contribution < -0.4 is 5.73 Å². The molecule has 1 aromatic carbocycles. The third kappa shape index (κ3) is 1.04. The minimum atomic E-state index is 0.480. The van der Waals surface area contributed by atoms with Crippen molar-refractivity contribution < 1.29 is 0 Å². The molecule has 1 fully saturated rings. The van der Waals surface area contributed by atoms with Gasteiger partial charge < -0.3 is 5.73 Å². The minimum absolute atomic E-state index is 0.480. The number of nitrogens with two attached hydrogens (primary N) is 1. The normalized spacial score (nSPS) is 33.4. The van der Waals surface area contributed by atoms with Crippen LogP contribution in [0.3, 0.4) is 0 Å². The lowest BCUT2D eigenvalue weighted by Crippen LogP contribution is -2.12. The van der Waals surface area contributed by atoms with Gasteiger partial charge in [-0.15, -0.1) is 0 Å². The molecule has 2 unspecified atom stereocenters. The van der Waals surface area contributed by atoms with E-state index in [-0.39, 0.29) is 0 Å². The van der Waals surface area contributed by atoms with E-state index in [0.717, 1.165) is 12.5 Å². The lowest BCUT2D eigenvalue weighted by molar-refractivity contribution is 0.601. The molecule has 3 rings (SSSR count). The molecule has 1 saturated carbocycles. The van der Waals surface area contributed by atoms with Crippen LogP contribution in [0.4, 0.5) is 0 Å². The van der Waals surface area contributed by atoms with E-state index in [1.54, 1.807) is 11.1 Å². The Morgan fingerprint density at radius 2 is 2.36 bits per heavy atom. The Kier molecular flexibility index (Phi) is 1.80. The lowest BCUT2D eigenvalue weighted by atomic mass is 9.95. The van der Waals surface area contributed by atoms with Gasteiger partial charge in [0.2, 0.25) is 0 Å². The van der Waals surface area contributed by atoms with Crippen LogP contribution in [-0.2, 0) is 11.8 Å². The Morgan fingerprint density at radius 3 is 3.07 bits per heavy atom. The van der Waals surface area contributed by atoms with Gasteiger partial charge in [0, 0.05) is 9.89 Å². The number of fused-ring (bicyclic) bond motifs is 2. The maximum absolute atomic E-state index is 5.77. The van der Waals surface area contributed by atoms with Gasteiger partial charge in [-0.2, -0.15) is 0 Å². The van der Waals surface area contributed by atoms with Crippen LogP contribution in [0.1, 0.15) is 24.0 Å². The van der Waals surface area contributed by atoms with E-state index in [9.17, 15) is 0 Å². The molecule has 2 atom stereocenters. The quantitative estimate of drug-likeness (QED) is 0.816. The first kappa shape index (κ1) is 8.93. The molecule has 2 N–H and O–H groups in total. The van der Waals surface area contributed by atoms with Gasteiger partial charge in [0.05, 0.1) is 0 Å². The minimum Gasteiger partial charge on any atom is -0.330 e. The molecule has 2 aliphatic carbocycles. The van der Waals surface area contributed by atoms with E-state index in [0.29, 0.717) is 5.41 Å². The van der Waals surface area contributed by atoms with Crippen LogP contribution >= 0.6 is 15.9 Å². The van der Waals surface area contributed by atoms with Crippen molar-refractivity contribution >= 4 is 15.9 Å². The first-order chi connectivity index (χ1) is 6.76. The van der Waals surface area contributed by atoms with Crippen LogP contribution in [-0.4, -0.2) is 6.54 Å². The first-order valence-electron chi connectivity index (χ1n) is 5.25. The maximum Gasteiger partial charge on any atom is 0.0178 e. The summed E-state index contributed by atoms with van der Waals surface area (Å²) in [6, 6.07) is 6.72. The number of aryl methyl sites for hydroxylation is 1. The van der Waals surface area contributed by atoms with Crippen molar-refractivity contribution in [2.24, 2.45) is 11.7 Å². The molecule has 1 spiro atoms. The molecular weight excluding hydrogens is 238 g/mol. The molecule has 0 aliphatic heterocycles. The van der Waals surface area contributed by atoms with Crippen LogP contribution in [0.2, 0.25) is 0 Å². The third-order valence-corrected chi connectivity index (χ3v) is 4.46. The molecule has 2 aliphatic rings. The lowest BCUT2D eigenvalue weighted by Gasteiger charge is -2.10. The second-order valence-corrected chi connectivity index (χ2v) is 5.51. The van der Waals surface area contributed by atoms with Crippen molar-refractivity contribution in [3.8, 4) is 0 Å². The zero-order valence-electron chi connectivity index (χ0n) is 8.09. The van der Waals surface area contributed by atoms with Crippen LogP contribution in [0.5, 0.6) is 0 Å². The monoisotopic (exact) mass is 251 g/mol. The fraction of sp³-hybridized carbons (Fsp3) is 0.500. The third-order valence-electron chi connectivity index (χ3n) is 3.97. The zero-order valence-corrected chi connectivity index (χ0v) is 9.68. The number of hydrogen-bond donors (Lipinski definition) is 1. The van der Waals surface area contributed by atoms with Crippen molar-refractivity contribution in [2.75, 3.05) is 6.54 Å². The van der Waals surface area contributed by atoms with Gasteiger partial charge in [-0.05, 0) is 55.0 Å². The molecule has 0 bridgehead atoms. The van der Waals surface area contributed by atoms with E-state index in [2.05, 4.69) is 34.1 Å². The Hall–Kier alpha value is -0.340. The highest BCUT2D eigenvalue weighted by molar-refractivity contribution is 9.10. The van der Waals surface area contributed by atoms with Gasteiger partial charge in [-0.25, -0.2) is 0 Å². The van der Waals surface area contributed by atoms with Crippen molar-refractivity contribution in [2.45, 2.75) is 24.7 Å². The van der Waals surface area contributed by atoms with Crippen LogP contribution in [0.25, 0.3) is 0 Å². The summed E-state index contributed by atoms with van der Waals surface area (Å²) in [5.74, 6) is 0.748. The molecule has 0 heterocycles. The van der Waals surface area contributed by atoms with Crippen molar-refractivity contribution in [3.05, 3.63) is 33.8 Å². The van der Waals surface area contributed by atoms with Gasteiger partial charge in [0.1, 0.15) is 0 Å². The average molecular weight is 252 g/mol. The van der Waals surface area contributed by atoms with Gasteiger partial charge in [-0.3, -0.25) is 0 Å². The van der Waals surface area contributed by atoms with Crippen LogP contribution in [0.15, 0.2) is 22.7 Å². The summed E-state index contributed by atoms with van der Waals surface area (Å²) in [4.78, 5) is 0. The van der Waals surface area contributed by atoms with E-state index < -0.39 is 0 Å². The van der Waals surface area contributed by atoms with Crippen molar-refractivity contribution in [1.29, 1.82) is 0 Å². The Bertz CT molecular complexity index is 388. The standard InChI is InChI=1S/C12H14BrN/c13-10-2-1-8-3-4-12(11(8)5-10)6-9(12)7-14/h1-2,5,9H,3-4,6-7,14H2. The molecule has 1 nitrogen and oxygen atoms in total. The number of benzene rings is 1. The average Bonchev–Trinajstić information content (AvgIpc) is 2.80. The number of halogens is 1. The number of hydrogen-bond acceptors (Lipinski definition) is 1. The molecule has 1 aromatic rings. The summed E-state index contributed by atoms with van der Waals surface area (Å²) >= 11 is 3.55. The number of rotatable bonds is 1. The highest BCUT2D eigenvalue weighted by Gasteiger charge is 2.56. The summed E-state index contributed by atoms with van der Waals surface area (Å²) in [5.41, 5.74) is 9.37. The Morgan fingerprint density at radius 1 is 1.50 bits per heavy atom. The maximum atomic E-state index is 5.77. The summed E-state index contributed by atoms with van der Waals surface area (Å²) in [5, 5.41) is 0. The smallest absolute Gasteiger partial charge is 0.0178 e. The summed E-state index contributed by atoms with van der Waals surface area (Å²) < 4.78 is 1.21. The zero-order chi connectivity index (χ0) is 9.76. The van der Waals surface area contributed by atoms with E-state index >= 15 is 0 Å². The van der Waals surface area contributed by atoms with Gasteiger partial charge >= 0.3 is 0 Å². The topological polar surface area (TPSA) is 26.0 Å². The second-order valence-electron chi connectivity index (χ2n) is 4.59. The summed E-state index contributed by atoms with van der Waals surface area (Å²) in [6.45, 7) is 0.853. The fourth-order valence-electron chi connectivity index (χ4n) is 3.05. The van der Waals surface area contributed by atoms with Gasteiger partial charge in [-0.1, -0.05) is 22.0 Å².